The first kappa shape index (κ1) is 17.0. The molecular formula is C15H4Br2F6N2. The second-order valence-corrected chi connectivity index (χ2v) is 7.20. The zero-order valence-electron chi connectivity index (χ0n) is 11.7. The summed E-state index contributed by atoms with van der Waals surface area (Å²) in [6, 6.07) is 2.63. The highest BCUT2D eigenvalue weighted by atomic mass is 79.9. The molecule has 25 heavy (non-hydrogen) atoms. The van der Waals surface area contributed by atoms with Crippen molar-refractivity contribution >= 4 is 53.4 Å². The SMILES string of the molecule is FC1(F)c2c(c3cnc(Br)cc3c3cc(Br)ncc23)C(F)(F)C1(F)F. The van der Waals surface area contributed by atoms with E-state index in [2.05, 4.69) is 41.8 Å². The first-order chi connectivity index (χ1) is 11.5. The van der Waals surface area contributed by atoms with Gasteiger partial charge in [0.25, 0.3) is 0 Å². The van der Waals surface area contributed by atoms with E-state index in [1.807, 2.05) is 0 Å². The van der Waals surface area contributed by atoms with Gasteiger partial charge in [-0.1, -0.05) is 0 Å². The van der Waals surface area contributed by atoms with Crippen molar-refractivity contribution in [2.24, 2.45) is 0 Å². The molecule has 2 nitrogen and oxygen atoms in total. The summed E-state index contributed by atoms with van der Waals surface area (Å²) in [6.45, 7) is 0. The topological polar surface area (TPSA) is 25.8 Å². The lowest BCUT2D eigenvalue weighted by atomic mass is 9.94. The summed E-state index contributed by atoms with van der Waals surface area (Å²) in [5.41, 5.74) is -2.82. The van der Waals surface area contributed by atoms with Crippen LogP contribution in [-0.2, 0) is 11.8 Å². The van der Waals surface area contributed by atoms with Crippen LogP contribution in [-0.4, -0.2) is 15.9 Å². The molecule has 0 saturated carbocycles. The molecule has 130 valence electrons. The molecule has 0 saturated heterocycles. The molecule has 10 heteroatoms. The molecule has 2 heterocycles. The summed E-state index contributed by atoms with van der Waals surface area (Å²) in [5, 5.41) is -0.727. The third kappa shape index (κ3) is 1.92. The first-order valence-corrected chi connectivity index (χ1v) is 8.29. The van der Waals surface area contributed by atoms with E-state index in [1.54, 1.807) is 0 Å². The molecule has 2 aromatic heterocycles. The number of aromatic nitrogens is 2. The van der Waals surface area contributed by atoms with Crippen molar-refractivity contribution < 1.29 is 26.3 Å². The zero-order valence-corrected chi connectivity index (χ0v) is 14.9. The largest absolute Gasteiger partial charge is 0.380 e. The van der Waals surface area contributed by atoms with Gasteiger partial charge in [-0.25, -0.2) is 9.97 Å². The highest BCUT2D eigenvalue weighted by Crippen LogP contribution is 2.65. The van der Waals surface area contributed by atoms with Gasteiger partial charge in [0.05, 0.1) is 0 Å². The summed E-state index contributed by atoms with van der Waals surface area (Å²) in [4.78, 5) is 7.48. The van der Waals surface area contributed by atoms with E-state index in [9.17, 15) is 26.3 Å². The molecule has 0 bridgehead atoms. The fourth-order valence-electron chi connectivity index (χ4n) is 3.14. The van der Waals surface area contributed by atoms with Crippen LogP contribution >= 0.6 is 31.9 Å². The summed E-state index contributed by atoms with van der Waals surface area (Å²) >= 11 is 6.14. The standard InChI is InChI=1S/C15H4Br2F6N2/c16-9-1-5-6-2-10(17)25-4-8(6)12-11(7(5)3-24-9)13(18,19)15(22,23)14(12,20)21/h1-4H. The second kappa shape index (κ2) is 4.85. The van der Waals surface area contributed by atoms with Crippen LogP contribution in [0, 0.1) is 0 Å². The maximum atomic E-state index is 14.3. The van der Waals surface area contributed by atoms with Gasteiger partial charge in [0.15, 0.2) is 0 Å². The Hall–Kier alpha value is -1.42. The van der Waals surface area contributed by atoms with Gasteiger partial charge >= 0.3 is 17.8 Å². The average molecular weight is 486 g/mol. The Bertz CT molecular complexity index is 984. The molecule has 0 unspecified atom stereocenters. The lowest BCUT2D eigenvalue weighted by molar-refractivity contribution is -0.301. The van der Waals surface area contributed by atoms with Gasteiger partial charge in [-0.2, -0.15) is 26.3 Å². The van der Waals surface area contributed by atoms with Gasteiger partial charge < -0.3 is 0 Å². The zero-order chi connectivity index (χ0) is 18.4. The fourth-order valence-corrected chi connectivity index (χ4v) is 3.80. The Labute approximate surface area is 152 Å². The molecule has 0 N–H and O–H groups in total. The second-order valence-electron chi connectivity index (χ2n) is 5.58. The number of hydrogen-bond acceptors (Lipinski definition) is 2. The number of halogens is 8. The number of benzene rings is 1. The molecule has 0 amide bonds. The van der Waals surface area contributed by atoms with Crippen molar-refractivity contribution in [2.45, 2.75) is 17.8 Å². The Morgan fingerprint density at radius 1 is 0.640 bits per heavy atom. The molecule has 1 aliphatic carbocycles. The molecule has 0 radical (unpaired) electrons. The van der Waals surface area contributed by atoms with Gasteiger partial charge in [0.2, 0.25) is 0 Å². The van der Waals surface area contributed by atoms with Gasteiger partial charge in [-0.15, -0.1) is 0 Å². The van der Waals surface area contributed by atoms with E-state index in [0.29, 0.717) is 0 Å². The van der Waals surface area contributed by atoms with Gasteiger partial charge in [-0.3, -0.25) is 0 Å². The number of rotatable bonds is 0. The molecule has 4 rings (SSSR count). The van der Waals surface area contributed by atoms with Crippen LogP contribution in [0.3, 0.4) is 0 Å². The number of alkyl halides is 6. The molecular weight excluding hydrogens is 482 g/mol. The van der Waals surface area contributed by atoms with Crippen molar-refractivity contribution in [2.75, 3.05) is 0 Å². The lowest BCUT2D eigenvalue weighted by Gasteiger charge is -2.23. The third-order valence-electron chi connectivity index (χ3n) is 4.24. The number of nitrogens with zero attached hydrogens (tertiary/aromatic N) is 2. The average Bonchev–Trinajstić information content (AvgIpc) is 2.63. The molecule has 3 aromatic rings. The highest BCUT2D eigenvalue weighted by Gasteiger charge is 2.80. The fraction of sp³-hybridized carbons (Fsp3) is 0.200. The summed E-state index contributed by atoms with van der Waals surface area (Å²) < 4.78 is 85.8. The van der Waals surface area contributed by atoms with Crippen molar-refractivity contribution in [3.05, 3.63) is 44.9 Å². The molecule has 0 atom stereocenters. The first-order valence-electron chi connectivity index (χ1n) is 6.71. The predicted octanol–water partition coefficient (Wildman–Crippen LogP) is 6.14. The normalized spacial score (nSPS) is 20.2. The van der Waals surface area contributed by atoms with Crippen molar-refractivity contribution in [3.8, 4) is 0 Å². The van der Waals surface area contributed by atoms with Gasteiger partial charge in [-0.05, 0) is 54.8 Å². The maximum Gasteiger partial charge on any atom is 0.380 e. The molecule has 1 aromatic carbocycles. The van der Waals surface area contributed by atoms with Crippen LogP contribution in [0.4, 0.5) is 26.3 Å². The van der Waals surface area contributed by atoms with E-state index in [4.69, 9.17) is 0 Å². The molecule has 0 fully saturated rings. The highest BCUT2D eigenvalue weighted by molar-refractivity contribution is 9.10. The van der Waals surface area contributed by atoms with Crippen LogP contribution in [0.5, 0.6) is 0 Å². The number of fused-ring (bicyclic) bond motifs is 6. The van der Waals surface area contributed by atoms with Gasteiger partial charge in [0.1, 0.15) is 9.21 Å². The Balaban J connectivity index is 2.36. The van der Waals surface area contributed by atoms with E-state index in [-0.39, 0.29) is 20.0 Å². The van der Waals surface area contributed by atoms with Crippen LogP contribution < -0.4 is 0 Å². The molecule has 0 spiro atoms. The van der Waals surface area contributed by atoms with Crippen LogP contribution in [0.2, 0.25) is 0 Å². The Morgan fingerprint density at radius 3 is 1.36 bits per heavy atom. The maximum absolute atomic E-state index is 14.3. The summed E-state index contributed by atoms with van der Waals surface area (Å²) in [5.74, 6) is -15.7. The number of hydrogen-bond donors (Lipinski definition) is 0. The van der Waals surface area contributed by atoms with Crippen molar-refractivity contribution in [1.82, 2.24) is 9.97 Å². The Kier molecular flexibility index (Phi) is 3.30. The summed E-state index contributed by atoms with van der Waals surface area (Å²) in [7, 11) is 0. The quantitative estimate of drug-likeness (QED) is 0.217. The molecule has 0 aliphatic heterocycles. The van der Waals surface area contributed by atoms with E-state index in [1.165, 1.54) is 12.1 Å². The minimum absolute atomic E-state index is 0.0897. The van der Waals surface area contributed by atoms with E-state index >= 15 is 0 Å². The van der Waals surface area contributed by atoms with Gasteiger partial charge in [0, 0.05) is 34.3 Å². The predicted molar refractivity (Wildman–Crippen MR) is 85.2 cm³/mol. The smallest absolute Gasteiger partial charge is 0.249 e. The monoisotopic (exact) mass is 484 g/mol. The van der Waals surface area contributed by atoms with Crippen LogP contribution in [0.15, 0.2) is 33.7 Å². The van der Waals surface area contributed by atoms with E-state index < -0.39 is 39.7 Å². The third-order valence-corrected chi connectivity index (χ3v) is 5.10. The Morgan fingerprint density at radius 2 is 1.00 bits per heavy atom. The number of pyridine rings is 2. The van der Waals surface area contributed by atoms with Crippen LogP contribution in [0.25, 0.3) is 21.5 Å². The minimum atomic E-state index is -5.57. The summed E-state index contributed by atoms with van der Waals surface area (Å²) in [6.07, 6.45) is 1.77. The van der Waals surface area contributed by atoms with Crippen molar-refractivity contribution in [3.63, 3.8) is 0 Å². The van der Waals surface area contributed by atoms with E-state index in [0.717, 1.165) is 12.4 Å². The van der Waals surface area contributed by atoms with Crippen LogP contribution in [0.1, 0.15) is 11.1 Å². The van der Waals surface area contributed by atoms with Crippen molar-refractivity contribution in [1.29, 1.82) is 0 Å². The lowest BCUT2D eigenvalue weighted by Crippen LogP contribution is -2.43. The minimum Gasteiger partial charge on any atom is -0.249 e. The molecule has 1 aliphatic rings.